The highest BCUT2D eigenvalue weighted by Crippen LogP contribution is 2.38. The first-order valence-electron chi connectivity index (χ1n) is 8.61. The molecule has 2 fully saturated rings. The minimum atomic E-state index is -0.464. The summed E-state index contributed by atoms with van der Waals surface area (Å²) in [6.45, 7) is 9.72. The molecule has 2 aliphatic heterocycles. The predicted octanol–water partition coefficient (Wildman–Crippen LogP) is 2.75. The molecule has 24 heavy (non-hydrogen) atoms. The lowest BCUT2D eigenvalue weighted by Gasteiger charge is -2.29. The van der Waals surface area contributed by atoms with Gasteiger partial charge in [0.1, 0.15) is 11.2 Å². The monoisotopic (exact) mass is 332 g/mol. The van der Waals surface area contributed by atoms with Gasteiger partial charge in [0.2, 0.25) is 0 Å². The van der Waals surface area contributed by atoms with Crippen LogP contribution in [0.15, 0.2) is 30.3 Å². The molecule has 0 spiro atoms. The summed E-state index contributed by atoms with van der Waals surface area (Å²) in [4.78, 5) is 16.6. The number of amides is 1. The number of benzene rings is 1. The molecule has 0 aromatic heterocycles. The first-order valence-corrected chi connectivity index (χ1v) is 8.61. The van der Waals surface area contributed by atoms with E-state index in [-0.39, 0.29) is 11.7 Å². The molecule has 1 aromatic carbocycles. The number of hydrogen-bond acceptors (Lipinski definition) is 4. The van der Waals surface area contributed by atoms with Crippen molar-refractivity contribution < 1.29 is 14.3 Å². The molecule has 2 saturated heterocycles. The second-order valence-electron chi connectivity index (χ2n) is 7.98. The quantitative estimate of drug-likeness (QED) is 0.853. The largest absolute Gasteiger partial charge is 0.444 e. The number of fused-ring (bicyclic) bond motifs is 1. The Hall–Kier alpha value is -1.59. The number of rotatable bonds is 3. The first kappa shape index (κ1) is 17.2. The molecule has 0 N–H and O–H groups in total. The Bertz CT molecular complexity index is 584. The zero-order valence-electron chi connectivity index (χ0n) is 15.1. The van der Waals surface area contributed by atoms with E-state index in [0.29, 0.717) is 19.0 Å². The van der Waals surface area contributed by atoms with Crippen LogP contribution in [0, 0.1) is 5.92 Å². The van der Waals surface area contributed by atoms with Crippen LogP contribution in [0.3, 0.4) is 0 Å². The minimum Gasteiger partial charge on any atom is -0.444 e. The Morgan fingerprint density at radius 1 is 1.21 bits per heavy atom. The zero-order chi connectivity index (χ0) is 17.4. The van der Waals surface area contributed by atoms with Gasteiger partial charge in [-0.2, -0.15) is 0 Å². The molecule has 2 aliphatic rings. The summed E-state index contributed by atoms with van der Waals surface area (Å²) in [5.74, 6) is 0.332. The summed E-state index contributed by atoms with van der Waals surface area (Å²) >= 11 is 0. The summed E-state index contributed by atoms with van der Waals surface area (Å²) in [5, 5.41) is 0. The molecule has 5 nitrogen and oxygen atoms in total. The van der Waals surface area contributed by atoms with E-state index >= 15 is 0 Å². The van der Waals surface area contributed by atoms with E-state index in [2.05, 4.69) is 29.2 Å². The van der Waals surface area contributed by atoms with Gasteiger partial charge in [-0.05, 0) is 26.3 Å². The summed E-state index contributed by atoms with van der Waals surface area (Å²) in [6.07, 6.45) is -0.233. The summed E-state index contributed by atoms with van der Waals surface area (Å²) in [6, 6.07) is 10.5. The number of ether oxygens (including phenoxy) is 2. The predicted molar refractivity (Wildman–Crippen MR) is 92.8 cm³/mol. The van der Waals surface area contributed by atoms with E-state index in [9.17, 15) is 4.79 Å². The highest BCUT2D eigenvalue weighted by molar-refractivity contribution is 5.69. The summed E-state index contributed by atoms with van der Waals surface area (Å²) in [7, 11) is 1.76. The molecule has 0 radical (unpaired) electrons. The molecule has 2 atom stereocenters. The molecular formula is C19H28N2O3. The molecule has 0 bridgehead atoms. The van der Waals surface area contributed by atoms with Gasteiger partial charge in [0, 0.05) is 39.2 Å². The van der Waals surface area contributed by atoms with Crippen LogP contribution < -0.4 is 0 Å². The molecule has 1 amide bonds. The van der Waals surface area contributed by atoms with Crippen LogP contribution in [0.1, 0.15) is 26.3 Å². The third-order valence-corrected chi connectivity index (χ3v) is 4.92. The van der Waals surface area contributed by atoms with Crippen molar-refractivity contribution >= 4 is 6.09 Å². The fraction of sp³-hybridized carbons (Fsp3) is 0.632. The van der Waals surface area contributed by atoms with Crippen molar-refractivity contribution in [3.05, 3.63) is 35.9 Å². The highest BCUT2D eigenvalue weighted by atomic mass is 16.6. The van der Waals surface area contributed by atoms with Crippen molar-refractivity contribution in [2.75, 3.05) is 33.3 Å². The Labute approximate surface area is 144 Å². The number of methoxy groups -OCH3 is 1. The van der Waals surface area contributed by atoms with Crippen molar-refractivity contribution in [3.63, 3.8) is 0 Å². The Kier molecular flexibility index (Phi) is 4.58. The molecule has 132 valence electrons. The molecule has 0 aliphatic carbocycles. The molecule has 0 unspecified atom stereocenters. The number of nitrogens with zero attached hydrogens (tertiary/aromatic N) is 2. The van der Waals surface area contributed by atoms with E-state index in [1.165, 1.54) is 5.56 Å². The van der Waals surface area contributed by atoms with Crippen LogP contribution in [0.4, 0.5) is 4.79 Å². The Morgan fingerprint density at radius 3 is 2.50 bits per heavy atom. The van der Waals surface area contributed by atoms with Crippen molar-refractivity contribution in [1.29, 1.82) is 0 Å². The lowest BCUT2D eigenvalue weighted by molar-refractivity contribution is -0.0180. The van der Waals surface area contributed by atoms with E-state index in [1.807, 2.05) is 26.8 Å². The Balaban J connectivity index is 1.63. The van der Waals surface area contributed by atoms with E-state index < -0.39 is 5.60 Å². The molecule has 1 aromatic rings. The summed E-state index contributed by atoms with van der Waals surface area (Å²) in [5.41, 5.74) is 0.577. The van der Waals surface area contributed by atoms with Crippen LogP contribution >= 0.6 is 0 Å². The number of hydrogen-bond donors (Lipinski definition) is 0. The van der Waals surface area contributed by atoms with Gasteiger partial charge in [0.15, 0.2) is 0 Å². The second-order valence-corrected chi connectivity index (χ2v) is 7.98. The highest BCUT2D eigenvalue weighted by Gasteiger charge is 2.54. The molecular weight excluding hydrogens is 304 g/mol. The molecule has 0 saturated carbocycles. The smallest absolute Gasteiger partial charge is 0.410 e. The van der Waals surface area contributed by atoms with E-state index in [1.54, 1.807) is 12.0 Å². The van der Waals surface area contributed by atoms with E-state index in [0.717, 1.165) is 19.6 Å². The lowest BCUT2D eigenvalue weighted by Crippen LogP contribution is -2.44. The van der Waals surface area contributed by atoms with Gasteiger partial charge < -0.3 is 14.4 Å². The maximum atomic E-state index is 12.4. The summed E-state index contributed by atoms with van der Waals surface area (Å²) < 4.78 is 11.4. The van der Waals surface area contributed by atoms with Gasteiger partial charge in [-0.25, -0.2) is 4.79 Å². The fourth-order valence-corrected chi connectivity index (χ4v) is 3.83. The van der Waals surface area contributed by atoms with Crippen molar-refractivity contribution in [3.8, 4) is 0 Å². The maximum Gasteiger partial charge on any atom is 0.410 e. The topological polar surface area (TPSA) is 42.0 Å². The standard InChI is InChI=1S/C19H28N2O3/c1-18(2,3)24-17(22)21-12-16-11-20(13-19(16,14-21)23-4)10-15-8-6-5-7-9-15/h5-9,16H,10-14H2,1-4H3/t16-,19-/m1/s1. The Morgan fingerprint density at radius 2 is 1.92 bits per heavy atom. The van der Waals surface area contributed by atoms with Gasteiger partial charge in [0.25, 0.3) is 0 Å². The third kappa shape index (κ3) is 3.57. The number of carbonyl (C=O) groups excluding carboxylic acids is 1. The van der Waals surface area contributed by atoms with Gasteiger partial charge >= 0.3 is 6.09 Å². The normalized spacial score (nSPS) is 27.3. The fourth-order valence-electron chi connectivity index (χ4n) is 3.83. The van der Waals surface area contributed by atoms with Crippen molar-refractivity contribution in [1.82, 2.24) is 9.80 Å². The van der Waals surface area contributed by atoms with Gasteiger partial charge in [-0.15, -0.1) is 0 Å². The van der Waals surface area contributed by atoms with Crippen LogP contribution in [0.5, 0.6) is 0 Å². The third-order valence-electron chi connectivity index (χ3n) is 4.92. The van der Waals surface area contributed by atoms with E-state index in [4.69, 9.17) is 9.47 Å². The van der Waals surface area contributed by atoms with Gasteiger partial charge in [-0.3, -0.25) is 4.90 Å². The zero-order valence-corrected chi connectivity index (χ0v) is 15.1. The van der Waals surface area contributed by atoms with Crippen molar-refractivity contribution in [2.45, 2.75) is 38.5 Å². The molecule has 3 rings (SSSR count). The maximum absolute atomic E-state index is 12.4. The lowest BCUT2D eigenvalue weighted by atomic mass is 9.95. The number of likely N-dealkylation sites (tertiary alicyclic amines) is 2. The first-order chi connectivity index (χ1) is 11.3. The average Bonchev–Trinajstić information content (AvgIpc) is 3.00. The van der Waals surface area contributed by atoms with Crippen LogP contribution in [0.2, 0.25) is 0 Å². The van der Waals surface area contributed by atoms with Crippen LogP contribution in [0.25, 0.3) is 0 Å². The van der Waals surface area contributed by atoms with Crippen molar-refractivity contribution in [2.24, 2.45) is 5.92 Å². The van der Waals surface area contributed by atoms with Crippen LogP contribution in [-0.2, 0) is 16.0 Å². The SMILES string of the molecule is CO[C@@]12CN(Cc3ccccc3)C[C@@H]1CN(C(=O)OC(C)(C)C)C2. The minimum absolute atomic E-state index is 0.233. The van der Waals surface area contributed by atoms with Gasteiger partial charge in [-0.1, -0.05) is 30.3 Å². The average molecular weight is 332 g/mol. The van der Waals surface area contributed by atoms with Crippen LogP contribution in [-0.4, -0.2) is 60.4 Å². The van der Waals surface area contributed by atoms with Gasteiger partial charge in [0.05, 0.1) is 6.54 Å². The second kappa shape index (κ2) is 6.37. The molecule has 5 heteroatoms. The molecule has 2 heterocycles. The number of carbonyl (C=O) groups is 1.